The third-order valence-electron chi connectivity index (χ3n) is 11.5. The Balaban J connectivity index is 2.38. The van der Waals surface area contributed by atoms with E-state index in [1.165, 1.54) is 109 Å². The van der Waals surface area contributed by atoms with Gasteiger partial charge in [-0.25, -0.2) is 4.57 Å². The van der Waals surface area contributed by atoms with Crippen LogP contribution in [0, 0.1) is 0 Å². The molecule has 368 valence electrons. The van der Waals surface area contributed by atoms with Crippen molar-refractivity contribution in [2.24, 2.45) is 0 Å². The Morgan fingerprint density at radius 2 is 0.905 bits per heavy atom. The molecule has 6 N–H and O–H groups in total. The Labute approximate surface area is 380 Å². The van der Waals surface area contributed by atoms with Gasteiger partial charge in [-0.1, -0.05) is 185 Å². The maximum absolute atomic E-state index is 12.8. The number of carbonyl (C=O) groups excluding carboxylic acids is 2. The van der Waals surface area contributed by atoms with Crippen LogP contribution in [0.15, 0.2) is 36.5 Å². The SMILES string of the molecule is CC/C=C\C/C=C\C/C=C\CCCCCC(=O)OC(COC(=O)CCCCCCCCCCCCCCCCCCCCCCC)COP(=O)(O)OC1C(O)C(O)C(O)C(O)C1O. The van der Waals surface area contributed by atoms with E-state index >= 15 is 0 Å². The van der Waals surface area contributed by atoms with Crippen LogP contribution in [0.5, 0.6) is 0 Å². The minimum atomic E-state index is -5.13. The van der Waals surface area contributed by atoms with E-state index in [4.69, 9.17) is 18.5 Å². The van der Waals surface area contributed by atoms with Crippen molar-refractivity contribution in [2.75, 3.05) is 13.2 Å². The second-order valence-corrected chi connectivity index (χ2v) is 18.7. The molecule has 13 nitrogen and oxygen atoms in total. The topological polar surface area (TPSA) is 210 Å². The van der Waals surface area contributed by atoms with Gasteiger partial charge in [0.25, 0.3) is 0 Å². The Hall–Kier alpha value is -1.93. The van der Waals surface area contributed by atoms with Crippen molar-refractivity contribution in [3.63, 3.8) is 0 Å². The van der Waals surface area contributed by atoms with Crippen molar-refractivity contribution in [2.45, 2.75) is 249 Å². The molecule has 0 bridgehead atoms. The number of ether oxygens (including phenoxy) is 2. The molecule has 0 aromatic rings. The van der Waals surface area contributed by atoms with Crippen molar-refractivity contribution in [3.8, 4) is 0 Å². The highest BCUT2D eigenvalue weighted by Crippen LogP contribution is 2.47. The Bertz CT molecular complexity index is 1240. The molecule has 0 aliphatic heterocycles. The predicted molar refractivity (Wildman–Crippen MR) is 249 cm³/mol. The molecule has 0 radical (unpaired) electrons. The average molecular weight is 917 g/mol. The third kappa shape index (κ3) is 31.6. The molecule has 14 heteroatoms. The monoisotopic (exact) mass is 917 g/mol. The number of allylic oxidation sites excluding steroid dienone is 6. The number of aliphatic hydroxyl groups is 5. The standard InChI is InChI=1S/C49H89O13P/c1-3-5-7-9-11-13-15-17-18-19-20-21-22-23-24-26-27-29-31-33-35-37-42(50)59-39-41(40-60-63(57,58)62-49-47(55)45(53)44(52)46(54)48(49)56)61-43(51)38-36-34-32-30-28-25-16-14-12-10-8-6-4-2/h6,8,12,14,25,28,41,44-49,52-56H,3-5,7,9-11,13,15-24,26-27,29-40H2,1-2H3,(H,57,58)/b8-6-,14-12-,28-25-. The van der Waals surface area contributed by atoms with Crippen LogP contribution in [0.4, 0.5) is 0 Å². The number of phosphoric acid groups is 1. The van der Waals surface area contributed by atoms with E-state index < -0.39 is 75.7 Å². The number of hydrogen-bond acceptors (Lipinski definition) is 12. The van der Waals surface area contributed by atoms with Gasteiger partial charge >= 0.3 is 19.8 Å². The van der Waals surface area contributed by atoms with Gasteiger partial charge in [0.15, 0.2) is 6.10 Å². The first-order valence-electron chi connectivity index (χ1n) is 24.8. The first-order chi connectivity index (χ1) is 30.4. The zero-order valence-electron chi connectivity index (χ0n) is 39.1. The average Bonchev–Trinajstić information content (AvgIpc) is 3.26. The van der Waals surface area contributed by atoms with Crippen molar-refractivity contribution in [3.05, 3.63) is 36.5 Å². The molecule has 63 heavy (non-hydrogen) atoms. The van der Waals surface area contributed by atoms with Crippen molar-refractivity contribution in [1.82, 2.24) is 0 Å². The minimum absolute atomic E-state index is 0.0630. The number of esters is 2. The molecular formula is C49H89O13P. The van der Waals surface area contributed by atoms with E-state index in [0.717, 1.165) is 57.8 Å². The molecule has 0 aromatic carbocycles. The summed E-state index contributed by atoms with van der Waals surface area (Å²) in [6, 6.07) is 0. The van der Waals surface area contributed by atoms with E-state index in [2.05, 4.69) is 50.3 Å². The van der Waals surface area contributed by atoms with Crippen LogP contribution in [0.3, 0.4) is 0 Å². The molecule has 0 amide bonds. The molecule has 6 atom stereocenters. The highest BCUT2D eigenvalue weighted by molar-refractivity contribution is 7.47. The molecule has 0 heterocycles. The van der Waals surface area contributed by atoms with Gasteiger partial charge < -0.3 is 39.9 Å². The molecule has 1 saturated carbocycles. The highest BCUT2D eigenvalue weighted by atomic mass is 31.2. The van der Waals surface area contributed by atoms with Gasteiger partial charge in [-0.3, -0.25) is 18.6 Å². The quantitative estimate of drug-likeness (QED) is 0.0146. The van der Waals surface area contributed by atoms with Crippen LogP contribution in [-0.4, -0.2) is 98.3 Å². The fourth-order valence-corrected chi connectivity index (χ4v) is 8.51. The Kier molecular flexibility index (Phi) is 36.8. The van der Waals surface area contributed by atoms with Crippen LogP contribution in [0.2, 0.25) is 0 Å². The summed E-state index contributed by atoms with van der Waals surface area (Å²) in [5.74, 6) is -1.13. The maximum Gasteiger partial charge on any atom is 0.472 e. The van der Waals surface area contributed by atoms with Gasteiger partial charge in [0, 0.05) is 12.8 Å². The highest BCUT2D eigenvalue weighted by Gasteiger charge is 2.51. The molecule has 1 aliphatic rings. The predicted octanol–water partition coefficient (Wildman–Crippen LogP) is 10.2. The largest absolute Gasteiger partial charge is 0.472 e. The summed E-state index contributed by atoms with van der Waals surface area (Å²) in [5.41, 5.74) is 0. The summed E-state index contributed by atoms with van der Waals surface area (Å²) in [6.07, 6.45) is 32.1. The van der Waals surface area contributed by atoms with Crippen molar-refractivity contribution >= 4 is 19.8 Å². The van der Waals surface area contributed by atoms with Crippen LogP contribution in [-0.2, 0) is 32.7 Å². The Morgan fingerprint density at radius 1 is 0.508 bits per heavy atom. The minimum Gasteiger partial charge on any atom is -0.462 e. The lowest BCUT2D eigenvalue weighted by Gasteiger charge is -2.41. The van der Waals surface area contributed by atoms with Crippen molar-refractivity contribution in [1.29, 1.82) is 0 Å². The number of rotatable bonds is 41. The molecule has 0 aromatic heterocycles. The lowest BCUT2D eigenvalue weighted by Crippen LogP contribution is -2.64. The van der Waals surface area contributed by atoms with E-state index in [0.29, 0.717) is 12.8 Å². The number of aliphatic hydroxyl groups excluding tert-OH is 5. The zero-order chi connectivity index (χ0) is 46.4. The zero-order valence-corrected chi connectivity index (χ0v) is 40.0. The van der Waals surface area contributed by atoms with Crippen molar-refractivity contribution < 1.29 is 63.1 Å². The maximum atomic E-state index is 12.8. The molecule has 0 saturated heterocycles. The molecule has 1 aliphatic carbocycles. The molecule has 0 spiro atoms. The van der Waals surface area contributed by atoms with Gasteiger partial charge in [-0.2, -0.15) is 0 Å². The normalized spacial score (nSPS) is 22.0. The first kappa shape index (κ1) is 59.1. The molecule has 1 rings (SSSR count). The van der Waals surface area contributed by atoms with Gasteiger partial charge in [-0.15, -0.1) is 0 Å². The lowest BCUT2D eigenvalue weighted by atomic mass is 9.85. The second-order valence-electron chi connectivity index (χ2n) is 17.3. The van der Waals surface area contributed by atoms with Crippen LogP contribution < -0.4 is 0 Å². The van der Waals surface area contributed by atoms with E-state index in [9.17, 15) is 44.6 Å². The number of hydrogen-bond donors (Lipinski definition) is 6. The summed E-state index contributed by atoms with van der Waals surface area (Å²) < 4.78 is 33.5. The van der Waals surface area contributed by atoms with Gasteiger partial charge in [0.1, 0.15) is 43.2 Å². The lowest BCUT2D eigenvalue weighted by molar-refractivity contribution is -0.220. The summed E-state index contributed by atoms with van der Waals surface area (Å²) >= 11 is 0. The first-order valence-corrected chi connectivity index (χ1v) is 26.3. The smallest absolute Gasteiger partial charge is 0.462 e. The van der Waals surface area contributed by atoms with Crippen LogP contribution in [0.25, 0.3) is 0 Å². The van der Waals surface area contributed by atoms with E-state index in [1.54, 1.807) is 0 Å². The summed E-state index contributed by atoms with van der Waals surface area (Å²) in [6.45, 7) is 3.18. The second kappa shape index (κ2) is 39.3. The molecular weight excluding hydrogens is 828 g/mol. The Morgan fingerprint density at radius 3 is 1.38 bits per heavy atom. The molecule has 1 fully saturated rings. The van der Waals surface area contributed by atoms with Gasteiger partial charge in [-0.05, 0) is 44.9 Å². The summed E-state index contributed by atoms with van der Waals surface area (Å²) in [5, 5.41) is 50.2. The fraction of sp³-hybridized carbons (Fsp3) is 0.837. The van der Waals surface area contributed by atoms with E-state index in [1.807, 2.05) is 0 Å². The van der Waals surface area contributed by atoms with Crippen LogP contribution in [0.1, 0.15) is 206 Å². The number of phosphoric ester groups is 1. The third-order valence-corrected chi connectivity index (χ3v) is 12.5. The van der Waals surface area contributed by atoms with Crippen LogP contribution >= 0.6 is 7.82 Å². The van der Waals surface area contributed by atoms with Gasteiger partial charge in [0.05, 0.1) is 6.61 Å². The van der Waals surface area contributed by atoms with Gasteiger partial charge in [0.2, 0.25) is 0 Å². The summed E-state index contributed by atoms with van der Waals surface area (Å²) in [7, 11) is -5.13. The number of unbranched alkanes of at least 4 members (excludes halogenated alkanes) is 23. The molecule has 6 unspecified atom stereocenters. The number of carbonyl (C=O) groups is 2. The van der Waals surface area contributed by atoms with E-state index in [-0.39, 0.29) is 12.8 Å². The summed E-state index contributed by atoms with van der Waals surface area (Å²) in [4.78, 5) is 35.7. The fourth-order valence-electron chi connectivity index (χ4n) is 7.54.